The monoisotopic (exact) mass is 322 g/mol. The SMILES string of the molecule is C=C(C)C(O)OC1(C)CCC(O)(C(F)(F)F)C2CCCCC21. The molecule has 2 N–H and O–H groups in total. The molecule has 0 spiro atoms. The second-order valence-electron chi connectivity index (χ2n) is 7.05. The van der Waals surface area contributed by atoms with E-state index in [4.69, 9.17) is 4.74 Å². The molecule has 3 nitrogen and oxygen atoms in total. The number of fused-ring (bicyclic) bond motifs is 1. The molecule has 2 saturated carbocycles. The lowest BCUT2D eigenvalue weighted by Crippen LogP contribution is -2.63. The Bertz CT molecular complexity index is 437. The first-order chi connectivity index (χ1) is 10.0. The van der Waals surface area contributed by atoms with Gasteiger partial charge in [-0.3, -0.25) is 0 Å². The van der Waals surface area contributed by atoms with E-state index < -0.39 is 41.9 Å². The van der Waals surface area contributed by atoms with E-state index in [0.717, 1.165) is 6.42 Å². The summed E-state index contributed by atoms with van der Waals surface area (Å²) in [5, 5.41) is 20.2. The highest BCUT2D eigenvalue weighted by molar-refractivity contribution is 5.08. The second-order valence-corrected chi connectivity index (χ2v) is 7.05. The van der Waals surface area contributed by atoms with Crippen molar-refractivity contribution in [2.75, 3.05) is 0 Å². The van der Waals surface area contributed by atoms with Gasteiger partial charge >= 0.3 is 6.18 Å². The van der Waals surface area contributed by atoms with Gasteiger partial charge in [0, 0.05) is 5.92 Å². The Labute approximate surface area is 129 Å². The summed E-state index contributed by atoms with van der Waals surface area (Å²) in [7, 11) is 0. The summed E-state index contributed by atoms with van der Waals surface area (Å²) < 4.78 is 45.8. The van der Waals surface area contributed by atoms with Crippen LogP contribution in [0.3, 0.4) is 0 Å². The molecular weight excluding hydrogens is 297 g/mol. The van der Waals surface area contributed by atoms with Gasteiger partial charge in [-0.1, -0.05) is 19.4 Å². The number of alkyl halides is 3. The molecule has 2 aliphatic carbocycles. The first-order valence-electron chi connectivity index (χ1n) is 7.82. The molecular formula is C16H25F3O3. The maximum atomic E-state index is 13.4. The topological polar surface area (TPSA) is 49.7 Å². The van der Waals surface area contributed by atoms with E-state index in [2.05, 4.69) is 6.58 Å². The van der Waals surface area contributed by atoms with Crippen LogP contribution < -0.4 is 0 Å². The van der Waals surface area contributed by atoms with Crippen LogP contribution in [0.5, 0.6) is 0 Å². The highest BCUT2D eigenvalue weighted by Crippen LogP contribution is 2.56. The number of rotatable bonds is 3. The molecule has 6 heteroatoms. The molecule has 0 aromatic heterocycles. The van der Waals surface area contributed by atoms with Crippen LogP contribution in [-0.4, -0.2) is 33.9 Å². The van der Waals surface area contributed by atoms with Gasteiger partial charge in [0.1, 0.15) is 0 Å². The van der Waals surface area contributed by atoms with Gasteiger partial charge in [0.25, 0.3) is 0 Å². The molecule has 0 aliphatic heterocycles. The average Bonchev–Trinajstić information content (AvgIpc) is 2.42. The van der Waals surface area contributed by atoms with Crippen molar-refractivity contribution < 1.29 is 28.1 Å². The molecule has 0 aromatic carbocycles. The maximum absolute atomic E-state index is 13.4. The third-order valence-corrected chi connectivity index (χ3v) is 5.46. The first kappa shape index (κ1) is 17.8. The van der Waals surface area contributed by atoms with Gasteiger partial charge in [-0.2, -0.15) is 13.2 Å². The number of aliphatic hydroxyl groups excluding tert-OH is 1. The lowest BCUT2D eigenvalue weighted by molar-refractivity contribution is -0.324. The minimum absolute atomic E-state index is 0.0640. The molecule has 0 radical (unpaired) electrons. The zero-order valence-corrected chi connectivity index (χ0v) is 13.1. The third kappa shape index (κ3) is 2.93. The van der Waals surface area contributed by atoms with Crippen molar-refractivity contribution in [3.05, 3.63) is 12.2 Å². The predicted octanol–water partition coefficient (Wildman–Crippen LogP) is 3.55. The minimum atomic E-state index is -4.64. The van der Waals surface area contributed by atoms with Crippen molar-refractivity contribution in [1.82, 2.24) is 0 Å². The van der Waals surface area contributed by atoms with Crippen LogP contribution in [0.4, 0.5) is 13.2 Å². The highest BCUT2D eigenvalue weighted by atomic mass is 19.4. The third-order valence-electron chi connectivity index (χ3n) is 5.46. The first-order valence-corrected chi connectivity index (χ1v) is 7.82. The van der Waals surface area contributed by atoms with E-state index in [1.54, 1.807) is 13.8 Å². The van der Waals surface area contributed by atoms with Crippen molar-refractivity contribution in [3.8, 4) is 0 Å². The lowest BCUT2D eigenvalue weighted by Gasteiger charge is -2.55. The van der Waals surface area contributed by atoms with Crippen molar-refractivity contribution in [3.63, 3.8) is 0 Å². The molecule has 0 bridgehead atoms. The molecule has 0 aromatic rings. The van der Waals surface area contributed by atoms with Gasteiger partial charge in [0.15, 0.2) is 11.9 Å². The minimum Gasteiger partial charge on any atom is -0.380 e. The molecule has 5 atom stereocenters. The van der Waals surface area contributed by atoms with Crippen LogP contribution in [0.2, 0.25) is 0 Å². The molecule has 2 rings (SSSR count). The zero-order chi connectivity index (χ0) is 16.8. The molecule has 22 heavy (non-hydrogen) atoms. The van der Waals surface area contributed by atoms with Gasteiger partial charge in [-0.25, -0.2) is 0 Å². The maximum Gasteiger partial charge on any atom is 0.417 e. The Hall–Kier alpha value is -0.590. The largest absolute Gasteiger partial charge is 0.417 e. The fourth-order valence-electron chi connectivity index (χ4n) is 4.10. The summed E-state index contributed by atoms with van der Waals surface area (Å²) in [5.41, 5.74) is -3.10. The summed E-state index contributed by atoms with van der Waals surface area (Å²) in [6.45, 7) is 6.98. The predicted molar refractivity (Wildman–Crippen MR) is 76.0 cm³/mol. The van der Waals surface area contributed by atoms with Crippen molar-refractivity contribution >= 4 is 0 Å². The van der Waals surface area contributed by atoms with Gasteiger partial charge < -0.3 is 14.9 Å². The zero-order valence-electron chi connectivity index (χ0n) is 13.1. The molecule has 0 saturated heterocycles. The number of ether oxygens (including phenoxy) is 1. The molecule has 2 fully saturated rings. The number of halogens is 3. The van der Waals surface area contributed by atoms with Crippen LogP contribution in [-0.2, 0) is 4.74 Å². The van der Waals surface area contributed by atoms with Crippen molar-refractivity contribution in [2.24, 2.45) is 11.8 Å². The fraction of sp³-hybridized carbons (Fsp3) is 0.875. The van der Waals surface area contributed by atoms with Crippen molar-refractivity contribution in [2.45, 2.75) is 76.0 Å². The van der Waals surface area contributed by atoms with E-state index in [9.17, 15) is 23.4 Å². The van der Waals surface area contributed by atoms with E-state index in [-0.39, 0.29) is 6.42 Å². The Kier molecular flexibility index (Phi) is 4.68. The van der Waals surface area contributed by atoms with Crippen LogP contribution in [0, 0.1) is 11.8 Å². The molecule has 0 amide bonds. The van der Waals surface area contributed by atoms with E-state index in [1.165, 1.54) is 0 Å². The van der Waals surface area contributed by atoms with Gasteiger partial charge in [0.2, 0.25) is 0 Å². The smallest absolute Gasteiger partial charge is 0.380 e. The van der Waals surface area contributed by atoms with Crippen LogP contribution in [0.1, 0.15) is 52.4 Å². The second kappa shape index (κ2) is 5.80. The number of hydrogen-bond donors (Lipinski definition) is 2. The summed E-state index contributed by atoms with van der Waals surface area (Å²) in [4.78, 5) is 0. The van der Waals surface area contributed by atoms with Gasteiger partial charge in [-0.15, -0.1) is 0 Å². The van der Waals surface area contributed by atoms with E-state index in [0.29, 0.717) is 24.8 Å². The Morgan fingerprint density at radius 3 is 2.27 bits per heavy atom. The Morgan fingerprint density at radius 1 is 1.23 bits per heavy atom. The lowest BCUT2D eigenvalue weighted by atomic mass is 9.57. The molecule has 2 aliphatic rings. The summed E-state index contributed by atoms with van der Waals surface area (Å²) in [6.07, 6.45) is -3.75. The quantitative estimate of drug-likeness (QED) is 0.617. The molecule has 5 unspecified atom stereocenters. The van der Waals surface area contributed by atoms with Crippen molar-refractivity contribution in [1.29, 1.82) is 0 Å². The fourth-order valence-corrected chi connectivity index (χ4v) is 4.10. The average molecular weight is 322 g/mol. The summed E-state index contributed by atoms with van der Waals surface area (Å²) in [5.74, 6) is -1.30. The number of aliphatic hydroxyl groups is 2. The van der Waals surface area contributed by atoms with E-state index in [1.807, 2.05) is 0 Å². The Balaban J connectivity index is 2.30. The van der Waals surface area contributed by atoms with Crippen LogP contribution in [0.25, 0.3) is 0 Å². The summed E-state index contributed by atoms with van der Waals surface area (Å²) >= 11 is 0. The highest BCUT2D eigenvalue weighted by Gasteiger charge is 2.65. The molecule has 128 valence electrons. The van der Waals surface area contributed by atoms with E-state index >= 15 is 0 Å². The number of hydrogen-bond acceptors (Lipinski definition) is 3. The molecule has 0 heterocycles. The van der Waals surface area contributed by atoms with Gasteiger partial charge in [0.05, 0.1) is 5.60 Å². The van der Waals surface area contributed by atoms with Gasteiger partial charge in [-0.05, 0) is 51.0 Å². The Morgan fingerprint density at radius 2 is 1.77 bits per heavy atom. The summed E-state index contributed by atoms with van der Waals surface area (Å²) in [6, 6.07) is 0. The standard InChI is InChI=1S/C16H25F3O3/c1-10(2)13(20)22-14(3)8-9-15(21,16(17,18)19)12-7-5-4-6-11(12)14/h11-13,20-21H,1,4-9H2,2-3H3. The van der Waals surface area contributed by atoms with Crippen LogP contribution in [0.15, 0.2) is 12.2 Å². The normalized spacial score (nSPS) is 40.9. The van der Waals surface area contributed by atoms with Crippen LogP contribution >= 0.6 is 0 Å².